The first-order chi connectivity index (χ1) is 24.3. The molecule has 49 heavy (non-hydrogen) atoms. The summed E-state index contributed by atoms with van der Waals surface area (Å²) >= 11 is 1.91. The highest BCUT2D eigenvalue weighted by molar-refractivity contribution is 7.26. The maximum atomic E-state index is 2.47. The fraction of sp³-hybridized carbons (Fsp3) is 0. The molecule has 0 spiro atoms. The molecule has 0 aliphatic heterocycles. The largest absolute Gasteiger partial charge is 0.309 e. The monoisotopic (exact) mass is 640 g/mol. The van der Waals surface area contributed by atoms with Crippen LogP contribution < -0.4 is 0 Å². The quantitative estimate of drug-likeness (QED) is 0.182. The minimum absolute atomic E-state index is 1.18. The highest BCUT2D eigenvalue weighted by atomic mass is 32.1. The summed E-state index contributed by atoms with van der Waals surface area (Å²) < 4.78 is 7.53. The van der Waals surface area contributed by atoms with E-state index in [0.29, 0.717) is 0 Å². The molecule has 0 aliphatic carbocycles. The Morgan fingerprint density at radius 3 is 1.88 bits per heavy atom. The van der Waals surface area contributed by atoms with Gasteiger partial charge >= 0.3 is 0 Å². The van der Waals surface area contributed by atoms with E-state index in [2.05, 4.69) is 179 Å². The molecule has 3 heteroatoms. The minimum atomic E-state index is 1.18. The molecule has 11 rings (SSSR count). The Bertz CT molecular complexity index is 3100. The lowest BCUT2D eigenvalue weighted by Crippen LogP contribution is -1.94. The maximum absolute atomic E-state index is 2.47. The van der Waals surface area contributed by atoms with E-state index in [4.69, 9.17) is 0 Å². The van der Waals surface area contributed by atoms with Gasteiger partial charge in [-0.25, -0.2) is 0 Å². The van der Waals surface area contributed by atoms with Crippen LogP contribution in [0.1, 0.15) is 0 Å². The van der Waals surface area contributed by atoms with Crippen molar-refractivity contribution in [2.75, 3.05) is 0 Å². The van der Waals surface area contributed by atoms with Crippen LogP contribution in [-0.4, -0.2) is 9.13 Å². The summed E-state index contributed by atoms with van der Waals surface area (Å²) in [5.74, 6) is 0. The molecule has 228 valence electrons. The highest BCUT2D eigenvalue weighted by Gasteiger charge is 2.22. The van der Waals surface area contributed by atoms with Crippen LogP contribution in [0.3, 0.4) is 0 Å². The predicted molar refractivity (Wildman–Crippen MR) is 211 cm³/mol. The van der Waals surface area contributed by atoms with Crippen molar-refractivity contribution in [3.8, 4) is 22.5 Å². The van der Waals surface area contributed by atoms with Crippen LogP contribution in [0.2, 0.25) is 0 Å². The number of thiophene rings is 1. The molecule has 0 amide bonds. The molecule has 0 radical (unpaired) electrons. The molecule has 0 aliphatic rings. The third kappa shape index (κ3) is 3.82. The Balaban J connectivity index is 1.24. The van der Waals surface area contributed by atoms with Gasteiger partial charge < -0.3 is 9.13 Å². The van der Waals surface area contributed by atoms with Gasteiger partial charge in [0.2, 0.25) is 0 Å². The predicted octanol–water partition coefficient (Wildman–Crippen LogP) is 13.1. The standard InChI is InChI=1S/C46H28N2S/c1-2-14-32(15-3-1)48-41-20-10-7-17-35(41)39-28-37(46-44(45(39)48)36-18-8-11-21-43(36)49-46)31-23-25-42-38(27-31)34-16-6-9-19-40(34)47(42)33-24-22-29-12-4-5-13-30(29)26-33/h1-28H. The van der Waals surface area contributed by atoms with E-state index in [1.165, 1.54) is 97.1 Å². The van der Waals surface area contributed by atoms with E-state index >= 15 is 0 Å². The first kappa shape index (κ1) is 26.9. The van der Waals surface area contributed by atoms with Crippen molar-refractivity contribution in [1.82, 2.24) is 9.13 Å². The van der Waals surface area contributed by atoms with Gasteiger partial charge in [-0.2, -0.15) is 0 Å². The Kier molecular flexibility index (Phi) is 5.57. The van der Waals surface area contributed by atoms with Crippen LogP contribution in [-0.2, 0) is 0 Å². The summed E-state index contributed by atoms with van der Waals surface area (Å²) in [5, 5.41) is 10.2. The number of benzene rings is 8. The highest BCUT2D eigenvalue weighted by Crippen LogP contribution is 2.48. The first-order valence-corrected chi connectivity index (χ1v) is 17.6. The number of fused-ring (bicyclic) bond motifs is 11. The molecule has 0 N–H and O–H groups in total. The van der Waals surface area contributed by atoms with Gasteiger partial charge in [0, 0.05) is 58.7 Å². The average molecular weight is 641 g/mol. The van der Waals surface area contributed by atoms with E-state index in [-0.39, 0.29) is 0 Å². The zero-order valence-electron chi connectivity index (χ0n) is 26.5. The number of hydrogen-bond acceptors (Lipinski definition) is 1. The Morgan fingerprint density at radius 1 is 0.388 bits per heavy atom. The van der Waals surface area contributed by atoms with Crippen LogP contribution in [0, 0.1) is 0 Å². The van der Waals surface area contributed by atoms with Crippen molar-refractivity contribution >= 4 is 85.9 Å². The summed E-state index contributed by atoms with van der Waals surface area (Å²) in [7, 11) is 0. The molecular formula is C46H28N2S. The van der Waals surface area contributed by atoms with Gasteiger partial charge in [-0.3, -0.25) is 0 Å². The molecule has 0 fully saturated rings. The SMILES string of the molecule is c1ccc(-n2c3ccccc3c3cc(-c4ccc5c(c4)c4ccccc4n5-c4ccc5ccccc5c4)c4sc5ccccc5c4c32)cc1. The van der Waals surface area contributed by atoms with Gasteiger partial charge in [-0.15, -0.1) is 11.3 Å². The third-order valence-electron chi connectivity index (χ3n) is 10.3. The van der Waals surface area contributed by atoms with Gasteiger partial charge in [0.05, 0.1) is 22.1 Å². The van der Waals surface area contributed by atoms with Crippen LogP contribution in [0.25, 0.3) is 97.1 Å². The molecule has 11 aromatic rings. The zero-order chi connectivity index (χ0) is 32.1. The fourth-order valence-corrected chi connectivity index (χ4v) is 9.37. The van der Waals surface area contributed by atoms with Gasteiger partial charge in [0.15, 0.2) is 0 Å². The summed E-state index contributed by atoms with van der Waals surface area (Å²) in [4.78, 5) is 0. The third-order valence-corrected chi connectivity index (χ3v) is 11.5. The van der Waals surface area contributed by atoms with Crippen molar-refractivity contribution in [2.24, 2.45) is 0 Å². The normalized spacial score (nSPS) is 12.1. The molecule has 0 saturated heterocycles. The van der Waals surface area contributed by atoms with E-state index in [1.54, 1.807) is 0 Å². The Hall–Kier alpha value is -6.16. The second-order valence-electron chi connectivity index (χ2n) is 12.9. The van der Waals surface area contributed by atoms with E-state index in [1.807, 2.05) is 11.3 Å². The Morgan fingerprint density at radius 2 is 1.04 bits per heavy atom. The summed E-state index contributed by atoms with van der Waals surface area (Å²) in [6.07, 6.45) is 0. The lowest BCUT2D eigenvalue weighted by molar-refractivity contribution is 1.19. The lowest BCUT2D eigenvalue weighted by Gasteiger charge is -2.12. The van der Waals surface area contributed by atoms with E-state index in [9.17, 15) is 0 Å². The molecule has 0 saturated carbocycles. The van der Waals surface area contributed by atoms with Crippen LogP contribution in [0.4, 0.5) is 0 Å². The first-order valence-electron chi connectivity index (χ1n) is 16.8. The van der Waals surface area contributed by atoms with Crippen molar-refractivity contribution < 1.29 is 0 Å². The van der Waals surface area contributed by atoms with Gasteiger partial charge in [-0.1, -0.05) is 109 Å². The minimum Gasteiger partial charge on any atom is -0.309 e. The number of aromatic nitrogens is 2. The molecule has 3 heterocycles. The number of para-hydroxylation sites is 3. The van der Waals surface area contributed by atoms with Gasteiger partial charge in [-0.05, 0) is 77.0 Å². The lowest BCUT2D eigenvalue weighted by atomic mass is 9.97. The second kappa shape index (κ2) is 10.2. The molecule has 0 unspecified atom stereocenters. The Labute approximate surface area is 286 Å². The van der Waals surface area contributed by atoms with Crippen molar-refractivity contribution in [3.63, 3.8) is 0 Å². The molecule has 8 aromatic carbocycles. The smallest absolute Gasteiger partial charge is 0.0634 e. The molecule has 0 bridgehead atoms. The molecule has 2 nitrogen and oxygen atoms in total. The summed E-state index contributed by atoms with van der Waals surface area (Å²) in [6.45, 7) is 0. The fourth-order valence-electron chi connectivity index (χ4n) is 8.13. The zero-order valence-corrected chi connectivity index (χ0v) is 27.3. The van der Waals surface area contributed by atoms with Crippen LogP contribution >= 0.6 is 11.3 Å². The summed E-state index contributed by atoms with van der Waals surface area (Å²) in [6, 6.07) is 62.4. The van der Waals surface area contributed by atoms with Crippen molar-refractivity contribution in [3.05, 3.63) is 170 Å². The van der Waals surface area contributed by atoms with Crippen LogP contribution in [0.5, 0.6) is 0 Å². The number of hydrogen-bond donors (Lipinski definition) is 0. The van der Waals surface area contributed by atoms with Gasteiger partial charge in [0.25, 0.3) is 0 Å². The van der Waals surface area contributed by atoms with Gasteiger partial charge in [0.1, 0.15) is 0 Å². The maximum Gasteiger partial charge on any atom is 0.0634 e. The van der Waals surface area contributed by atoms with Crippen molar-refractivity contribution in [2.45, 2.75) is 0 Å². The average Bonchev–Trinajstić information content (AvgIpc) is 3.82. The number of rotatable bonds is 3. The van der Waals surface area contributed by atoms with E-state index < -0.39 is 0 Å². The second-order valence-corrected chi connectivity index (χ2v) is 14.0. The summed E-state index contributed by atoms with van der Waals surface area (Å²) in [5.41, 5.74) is 9.82. The van der Waals surface area contributed by atoms with Crippen LogP contribution in [0.15, 0.2) is 170 Å². The van der Waals surface area contributed by atoms with E-state index in [0.717, 1.165) is 0 Å². The molecular weight excluding hydrogens is 613 g/mol. The number of nitrogens with zero attached hydrogens (tertiary/aromatic N) is 2. The molecule has 3 aromatic heterocycles. The molecule has 0 atom stereocenters. The topological polar surface area (TPSA) is 9.86 Å². The van der Waals surface area contributed by atoms with Crippen molar-refractivity contribution in [1.29, 1.82) is 0 Å².